The van der Waals surface area contributed by atoms with Crippen molar-refractivity contribution in [2.45, 2.75) is 51.5 Å². The van der Waals surface area contributed by atoms with Crippen molar-refractivity contribution in [3.8, 4) is 0 Å². The van der Waals surface area contributed by atoms with Crippen LogP contribution in [0.1, 0.15) is 57.3 Å². The molecule has 0 saturated carbocycles. The molecule has 20 heavy (non-hydrogen) atoms. The van der Waals surface area contributed by atoms with Crippen LogP contribution in [0.25, 0.3) is 0 Å². The van der Waals surface area contributed by atoms with E-state index in [1.165, 1.54) is 10.8 Å². The van der Waals surface area contributed by atoms with E-state index in [4.69, 9.17) is 0 Å². The number of carbonyl (C=O) groups is 1. The van der Waals surface area contributed by atoms with Crippen LogP contribution in [-0.2, 0) is 4.79 Å². The average molecular weight is 279 g/mol. The summed E-state index contributed by atoms with van der Waals surface area (Å²) in [4.78, 5) is 28.2. The third kappa shape index (κ3) is 2.55. The van der Waals surface area contributed by atoms with E-state index in [1.54, 1.807) is 0 Å². The maximum atomic E-state index is 12.4. The molecule has 0 bridgehead atoms. The van der Waals surface area contributed by atoms with Gasteiger partial charge in [0.15, 0.2) is 0 Å². The highest BCUT2D eigenvalue weighted by atomic mass is 16.4. The molecule has 2 rings (SSSR count). The van der Waals surface area contributed by atoms with Crippen LogP contribution in [0.3, 0.4) is 0 Å². The van der Waals surface area contributed by atoms with E-state index in [-0.39, 0.29) is 11.5 Å². The molecule has 0 radical (unpaired) electrons. The molecule has 1 aliphatic rings. The summed E-state index contributed by atoms with van der Waals surface area (Å²) in [6.07, 6.45) is 4.70. The van der Waals surface area contributed by atoms with Crippen LogP contribution in [-0.4, -0.2) is 27.2 Å². The Morgan fingerprint density at radius 2 is 2.25 bits per heavy atom. The van der Waals surface area contributed by atoms with Crippen molar-refractivity contribution >= 4 is 11.7 Å². The molecule has 0 amide bonds. The Kier molecular flexibility index (Phi) is 4.42. The summed E-state index contributed by atoms with van der Waals surface area (Å²) in [5, 5.41) is 12.3. The van der Waals surface area contributed by atoms with E-state index in [1.807, 2.05) is 13.8 Å². The summed E-state index contributed by atoms with van der Waals surface area (Å²) in [5.41, 5.74) is 0.119. The summed E-state index contributed by atoms with van der Waals surface area (Å²) >= 11 is 0. The van der Waals surface area contributed by atoms with Crippen LogP contribution < -0.4 is 10.9 Å². The summed E-state index contributed by atoms with van der Waals surface area (Å²) in [6, 6.07) is -0.787. The normalized spacial score (nSPS) is 20.7. The Morgan fingerprint density at radius 3 is 2.85 bits per heavy atom. The highest BCUT2D eigenvalue weighted by Gasteiger charge is 2.37. The second kappa shape index (κ2) is 6.07. The van der Waals surface area contributed by atoms with Gasteiger partial charge in [-0.05, 0) is 19.3 Å². The summed E-state index contributed by atoms with van der Waals surface area (Å²) in [5.74, 6) is -0.276. The standard InChI is InChI=1S/C14H21N3O3/c1-3-5-9-7-11(14(19)20)17-12(9)16-8-10(13(17)18)15-6-4-2/h8-9,11,15H,3-7H2,1-2H3,(H,19,20)/t9-,11+/m1/s1. The van der Waals surface area contributed by atoms with Crippen molar-refractivity contribution in [1.82, 2.24) is 9.55 Å². The Morgan fingerprint density at radius 1 is 1.50 bits per heavy atom. The first-order chi connectivity index (χ1) is 9.60. The topological polar surface area (TPSA) is 84.2 Å². The predicted octanol–water partition coefficient (Wildman–Crippen LogP) is 1.98. The maximum absolute atomic E-state index is 12.4. The molecule has 0 aliphatic carbocycles. The highest BCUT2D eigenvalue weighted by Crippen LogP contribution is 2.36. The number of carboxylic acid groups (broad SMARTS) is 1. The molecule has 1 aromatic rings. The molecule has 1 aromatic heterocycles. The number of rotatable bonds is 6. The first-order valence-corrected chi connectivity index (χ1v) is 7.18. The maximum Gasteiger partial charge on any atom is 0.326 e. The third-order valence-corrected chi connectivity index (χ3v) is 3.69. The molecule has 2 heterocycles. The van der Waals surface area contributed by atoms with Crippen molar-refractivity contribution < 1.29 is 9.90 Å². The zero-order valence-electron chi connectivity index (χ0n) is 11.9. The second-order valence-corrected chi connectivity index (χ2v) is 5.21. The van der Waals surface area contributed by atoms with Crippen molar-refractivity contribution in [3.63, 3.8) is 0 Å². The van der Waals surface area contributed by atoms with Crippen molar-refractivity contribution in [2.24, 2.45) is 0 Å². The lowest BCUT2D eigenvalue weighted by Gasteiger charge is -2.12. The van der Waals surface area contributed by atoms with Gasteiger partial charge < -0.3 is 10.4 Å². The predicted molar refractivity (Wildman–Crippen MR) is 76.2 cm³/mol. The van der Waals surface area contributed by atoms with E-state index < -0.39 is 12.0 Å². The number of aliphatic carboxylic acids is 1. The van der Waals surface area contributed by atoms with E-state index in [0.717, 1.165) is 19.3 Å². The van der Waals surface area contributed by atoms with Gasteiger partial charge in [0.05, 0.1) is 6.20 Å². The molecule has 0 spiro atoms. The van der Waals surface area contributed by atoms with Crippen LogP contribution >= 0.6 is 0 Å². The second-order valence-electron chi connectivity index (χ2n) is 5.21. The first kappa shape index (κ1) is 14.6. The van der Waals surface area contributed by atoms with E-state index in [0.29, 0.717) is 24.5 Å². The minimum atomic E-state index is -0.957. The SMILES string of the molecule is CCCNc1cnc2n(c1=O)[C@H](C(=O)O)C[C@H]2CCC. The summed E-state index contributed by atoms with van der Waals surface area (Å²) in [6.45, 7) is 4.73. The molecule has 0 aromatic carbocycles. The van der Waals surface area contributed by atoms with Gasteiger partial charge in [0.25, 0.3) is 5.56 Å². The summed E-state index contributed by atoms with van der Waals surface area (Å²) < 4.78 is 1.36. The number of aromatic nitrogens is 2. The molecule has 0 saturated heterocycles. The molecular weight excluding hydrogens is 258 g/mol. The molecule has 0 unspecified atom stereocenters. The van der Waals surface area contributed by atoms with Gasteiger partial charge in [-0.2, -0.15) is 0 Å². The zero-order chi connectivity index (χ0) is 14.7. The molecule has 1 aliphatic heterocycles. The number of anilines is 1. The smallest absolute Gasteiger partial charge is 0.326 e. The monoisotopic (exact) mass is 279 g/mol. The minimum absolute atomic E-state index is 0.0639. The van der Waals surface area contributed by atoms with Gasteiger partial charge in [-0.3, -0.25) is 9.36 Å². The fourth-order valence-electron chi connectivity index (χ4n) is 2.75. The number of carboxylic acids is 1. The van der Waals surface area contributed by atoms with Crippen molar-refractivity contribution in [1.29, 1.82) is 0 Å². The molecule has 6 nitrogen and oxygen atoms in total. The number of hydrogen-bond acceptors (Lipinski definition) is 4. The van der Waals surface area contributed by atoms with Gasteiger partial charge in [0.2, 0.25) is 0 Å². The van der Waals surface area contributed by atoms with Gasteiger partial charge in [0, 0.05) is 12.5 Å². The Hall–Kier alpha value is -1.85. The quantitative estimate of drug-likeness (QED) is 0.831. The molecular formula is C14H21N3O3. The lowest BCUT2D eigenvalue weighted by molar-refractivity contribution is -0.140. The number of fused-ring (bicyclic) bond motifs is 1. The number of nitrogens with zero attached hydrogens (tertiary/aromatic N) is 2. The van der Waals surface area contributed by atoms with Crippen LogP contribution in [0.2, 0.25) is 0 Å². The zero-order valence-corrected chi connectivity index (χ0v) is 11.9. The van der Waals surface area contributed by atoms with E-state index in [9.17, 15) is 14.7 Å². The third-order valence-electron chi connectivity index (χ3n) is 3.69. The summed E-state index contributed by atoms with van der Waals surface area (Å²) in [7, 11) is 0. The number of nitrogens with one attached hydrogen (secondary N) is 1. The minimum Gasteiger partial charge on any atom is -0.480 e. The molecule has 110 valence electrons. The number of hydrogen-bond donors (Lipinski definition) is 2. The average Bonchev–Trinajstić information content (AvgIpc) is 2.78. The Labute approximate surface area is 117 Å². The highest BCUT2D eigenvalue weighted by molar-refractivity contribution is 5.73. The van der Waals surface area contributed by atoms with Gasteiger partial charge >= 0.3 is 5.97 Å². The van der Waals surface area contributed by atoms with Gasteiger partial charge in [-0.1, -0.05) is 20.3 Å². The van der Waals surface area contributed by atoms with E-state index >= 15 is 0 Å². The van der Waals surface area contributed by atoms with E-state index in [2.05, 4.69) is 10.3 Å². The Bertz CT molecular complexity index is 553. The van der Waals surface area contributed by atoms with Crippen LogP contribution in [0.5, 0.6) is 0 Å². The van der Waals surface area contributed by atoms with Crippen molar-refractivity contribution in [2.75, 3.05) is 11.9 Å². The molecule has 0 fully saturated rings. The van der Waals surface area contributed by atoms with Crippen LogP contribution in [0.15, 0.2) is 11.0 Å². The lowest BCUT2D eigenvalue weighted by Crippen LogP contribution is -2.30. The van der Waals surface area contributed by atoms with Gasteiger partial charge in [-0.25, -0.2) is 9.78 Å². The van der Waals surface area contributed by atoms with Crippen LogP contribution in [0, 0.1) is 0 Å². The Balaban J connectivity index is 2.43. The largest absolute Gasteiger partial charge is 0.480 e. The molecule has 2 atom stereocenters. The van der Waals surface area contributed by atoms with Gasteiger partial charge in [-0.15, -0.1) is 0 Å². The fraction of sp³-hybridized carbons (Fsp3) is 0.643. The fourth-order valence-corrected chi connectivity index (χ4v) is 2.75. The van der Waals surface area contributed by atoms with Crippen LogP contribution in [0.4, 0.5) is 5.69 Å². The molecule has 2 N–H and O–H groups in total. The lowest BCUT2D eigenvalue weighted by atomic mass is 9.99. The van der Waals surface area contributed by atoms with Gasteiger partial charge in [0.1, 0.15) is 17.6 Å². The van der Waals surface area contributed by atoms with Crippen molar-refractivity contribution in [3.05, 3.63) is 22.4 Å². The molecule has 6 heteroatoms. The first-order valence-electron chi connectivity index (χ1n) is 7.18.